The minimum absolute atomic E-state index is 0.0103. The number of para-hydroxylation sites is 1. The van der Waals surface area contributed by atoms with Crippen LogP contribution in [0.5, 0.6) is 5.75 Å². The number of halogens is 2. The van der Waals surface area contributed by atoms with Crippen molar-refractivity contribution in [2.75, 3.05) is 19.0 Å². The van der Waals surface area contributed by atoms with Gasteiger partial charge in [-0.15, -0.1) is 11.8 Å². The molecule has 0 saturated carbocycles. The van der Waals surface area contributed by atoms with Gasteiger partial charge in [-0.1, -0.05) is 29.3 Å². The molecule has 1 aliphatic rings. The first-order valence-electron chi connectivity index (χ1n) is 6.03. The number of hydrogen-bond acceptors (Lipinski definition) is 4. The molecule has 6 heteroatoms. The molecular formula is C13H14Cl2O3S. The van der Waals surface area contributed by atoms with Crippen molar-refractivity contribution >= 4 is 40.9 Å². The molecule has 104 valence electrons. The van der Waals surface area contributed by atoms with Crippen LogP contribution in [0.3, 0.4) is 0 Å². The molecule has 1 fully saturated rings. The number of ether oxygens (including phenoxy) is 2. The summed E-state index contributed by atoms with van der Waals surface area (Å²) in [5, 5.41) is 0.888. The van der Waals surface area contributed by atoms with Crippen LogP contribution < -0.4 is 4.74 Å². The monoisotopic (exact) mass is 320 g/mol. The largest absolute Gasteiger partial charge is 0.487 e. The van der Waals surface area contributed by atoms with Crippen molar-refractivity contribution in [1.82, 2.24) is 0 Å². The van der Waals surface area contributed by atoms with Crippen molar-refractivity contribution in [2.45, 2.75) is 18.1 Å². The molecule has 1 aromatic rings. The number of carbonyl (C=O) groups excluding carboxylic acids is 1. The molecule has 0 aliphatic carbocycles. The molecule has 0 bridgehead atoms. The molecule has 1 saturated heterocycles. The molecule has 0 spiro atoms. The highest BCUT2D eigenvalue weighted by Gasteiger charge is 2.24. The molecule has 0 aromatic heterocycles. The van der Waals surface area contributed by atoms with Crippen LogP contribution in [0.1, 0.15) is 12.8 Å². The Morgan fingerprint density at radius 2 is 2.05 bits per heavy atom. The van der Waals surface area contributed by atoms with Gasteiger partial charge < -0.3 is 9.47 Å². The second kappa shape index (κ2) is 7.27. The van der Waals surface area contributed by atoms with Crippen molar-refractivity contribution in [3.63, 3.8) is 0 Å². The van der Waals surface area contributed by atoms with Crippen LogP contribution in [0.2, 0.25) is 10.0 Å². The highest BCUT2D eigenvalue weighted by atomic mass is 35.5. The van der Waals surface area contributed by atoms with E-state index in [2.05, 4.69) is 0 Å². The molecule has 19 heavy (non-hydrogen) atoms. The predicted molar refractivity (Wildman–Crippen MR) is 78.4 cm³/mol. The van der Waals surface area contributed by atoms with E-state index in [1.165, 1.54) is 0 Å². The SMILES string of the molecule is O=C(OCCOc1c(Cl)cccc1Cl)[C@H]1CCCS1. The van der Waals surface area contributed by atoms with E-state index in [1.807, 2.05) is 0 Å². The Morgan fingerprint density at radius 1 is 1.32 bits per heavy atom. The average molecular weight is 321 g/mol. The zero-order chi connectivity index (χ0) is 13.7. The van der Waals surface area contributed by atoms with Crippen LogP contribution in [-0.4, -0.2) is 30.2 Å². The topological polar surface area (TPSA) is 35.5 Å². The standard InChI is InChI=1S/C13H14Cl2O3S/c14-9-3-1-4-10(15)12(9)17-6-7-18-13(16)11-5-2-8-19-11/h1,3-4,11H,2,5-8H2/t11-/m1/s1. The number of thioether (sulfide) groups is 1. The molecule has 1 aromatic carbocycles. The van der Waals surface area contributed by atoms with E-state index in [1.54, 1.807) is 30.0 Å². The van der Waals surface area contributed by atoms with Crippen LogP contribution in [0, 0.1) is 0 Å². The van der Waals surface area contributed by atoms with Crippen LogP contribution in [0.15, 0.2) is 18.2 Å². The Morgan fingerprint density at radius 3 is 2.68 bits per heavy atom. The summed E-state index contributed by atoms with van der Waals surface area (Å²) in [6.45, 7) is 0.448. The third-order valence-electron chi connectivity index (χ3n) is 2.69. The molecular weight excluding hydrogens is 307 g/mol. The van der Waals surface area contributed by atoms with Gasteiger partial charge in [-0.2, -0.15) is 0 Å². The van der Waals surface area contributed by atoms with E-state index >= 15 is 0 Å². The number of carbonyl (C=O) groups is 1. The predicted octanol–water partition coefficient (Wildman–Crippen LogP) is 3.81. The molecule has 0 N–H and O–H groups in total. The van der Waals surface area contributed by atoms with Gasteiger partial charge in [0, 0.05) is 0 Å². The van der Waals surface area contributed by atoms with Crippen LogP contribution in [0.25, 0.3) is 0 Å². The molecule has 0 amide bonds. The van der Waals surface area contributed by atoms with E-state index in [0.29, 0.717) is 15.8 Å². The van der Waals surface area contributed by atoms with Crippen molar-refractivity contribution < 1.29 is 14.3 Å². The fraction of sp³-hybridized carbons (Fsp3) is 0.462. The summed E-state index contributed by atoms with van der Waals surface area (Å²) < 4.78 is 10.6. The number of rotatable bonds is 5. The molecule has 1 aliphatic heterocycles. The molecule has 0 radical (unpaired) electrons. The normalized spacial score (nSPS) is 18.3. The summed E-state index contributed by atoms with van der Waals surface area (Å²) >= 11 is 13.6. The molecule has 0 unspecified atom stereocenters. The van der Waals surface area contributed by atoms with E-state index in [4.69, 9.17) is 32.7 Å². The van der Waals surface area contributed by atoms with Gasteiger partial charge in [0.2, 0.25) is 0 Å². The van der Waals surface area contributed by atoms with Gasteiger partial charge in [-0.25, -0.2) is 0 Å². The lowest BCUT2D eigenvalue weighted by Crippen LogP contribution is -2.20. The summed E-state index contributed by atoms with van der Waals surface area (Å²) in [6, 6.07) is 5.14. The lowest BCUT2D eigenvalue weighted by molar-refractivity contribution is -0.143. The number of hydrogen-bond donors (Lipinski definition) is 0. The fourth-order valence-corrected chi connectivity index (χ4v) is 3.42. The first kappa shape index (κ1) is 14.8. The molecule has 3 nitrogen and oxygen atoms in total. The van der Waals surface area contributed by atoms with E-state index in [0.717, 1.165) is 18.6 Å². The molecule has 1 atom stereocenters. The van der Waals surface area contributed by atoms with Crippen molar-refractivity contribution in [3.05, 3.63) is 28.2 Å². The Bertz CT molecular complexity index is 427. The van der Waals surface area contributed by atoms with Gasteiger partial charge >= 0.3 is 5.97 Å². The summed E-state index contributed by atoms with van der Waals surface area (Å²) in [5.41, 5.74) is 0. The smallest absolute Gasteiger partial charge is 0.319 e. The Balaban J connectivity index is 1.73. The van der Waals surface area contributed by atoms with Crippen LogP contribution >= 0.6 is 35.0 Å². The van der Waals surface area contributed by atoms with Gasteiger partial charge in [0.1, 0.15) is 18.5 Å². The maximum atomic E-state index is 11.6. The second-order valence-electron chi connectivity index (χ2n) is 4.07. The summed E-state index contributed by atoms with van der Waals surface area (Å²) in [4.78, 5) is 11.6. The van der Waals surface area contributed by atoms with Crippen molar-refractivity contribution in [3.8, 4) is 5.75 Å². The third-order valence-corrected chi connectivity index (χ3v) is 4.64. The van der Waals surface area contributed by atoms with E-state index < -0.39 is 0 Å². The van der Waals surface area contributed by atoms with Gasteiger partial charge in [0.25, 0.3) is 0 Å². The van der Waals surface area contributed by atoms with Crippen LogP contribution in [0.4, 0.5) is 0 Å². The molecule has 2 rings (SSSR count). The van der Waals surface area contributed by atoms with Crippen molar-refractivity contribution in [2.24, 2.45) is 0 Å². The molecule has 1 heterocycles. The van der Waals surface area contributed by atoms with Crippen LogP contribution in [-0.2, 0) is 9.53 Å². The third kappa shape index (κ3) is 4.20. The zero-order valence-corrected chi connectivity index (χ0v) is 12.6. The van der Waals surface area contributed by atoms with Gasteiger partial charge in [-0.3, -0.25) is 4.79 Å². The Hall–Kier alpha value is -0.580. The lowest BCUT2D eigenvalue weighted by Gasteiger charge is -2.11. The highest BCUT2D eigenvalue weighted by molar-refractivity contribution is 8.00. The summed E-state index contributed by atoms with van der Waals surface area (Å²) in [5.74, 6) is 1.30. The first-order valence-corrected chi connectivity index (χ1v) is 7.84. The fourth-order valence-electron chi connectivity index (χ4n) is 1.76. The lowest BCUT2D eigenvalue weighted by atomic mass is 10.2. The Labute approximate surface area is 126 Å². The van der Waals surface area contributed by atoms with Gasteiger partial charge in [0.15, 0.2) is 5.75 Å². The second-order valence-corrected chi connectivity index (χ2v) is 6.19. The number of esters is 1. The summed E-state index contributed by atoms with van der Waals surface area (Å²) in [7, 11) is 0. The quantitative estimate of drug-likeness (QED) is 0.610. The maximum absolute atomic E-state index is 11.6. The van der Waals surface area contributed by atoms with E-state index in [9.17, 15) is 4.79 Å². The number of benzene rings is 1. The van der Waals surface area contributed by atoms with Gasteiger partial charge in [0.05, 0.1) is 10.0 Å². The van der Waals surface area contributed by atoms with Crippen molar-refractivity contribution in [1.29, 1.82) is 0 Å². The maximum Gasteiger partial charge on any atom is 0.319 e. The highest BCUT2D eigenvalue weighted by Crippen LogP contribution is 2.32. The minimum atomic E-state index is -0.156. The minimum Gasteiger partial charge on any atom is -0.487 e. The first-order chi connectivity index (χ1) is 9.18. The Kier molecular flexibility index (Phi) is 5.67. The van der Waals surface area contributed by atoms with Gasteiger partial charge in [-0.05, 0) is 30.7 Å². The van der Waals surface area contributed by atoms with E-state index in [-0.39, 0.29) is 24.4 Å². The average Bonchev–Trinajstić information content (AvgIpc) is 2.91. The summed E-state index contributed by atoms with van der Waals surface area (Å²) in [6.07, 6.45) is 1.98. The zero-order valence-electron chi connectivity index (χ0n) is 10.2.